The maximum Gasteiger partial charge on any atom is 0.387 e. The van der Waals surface area contributed by atoms with E-state index in [1.165, 1.54) is 28.8 Å². The number of aromatic nitrogens is 3. The number of hydrogen-bond donors (Lipinski definition) is 2. The zero-order valence-corrected chi connectivity index (χ0v) is 22.2. The van der Waals surface area contributed by atoms with Crippen molar-refractivity contribution in [2.24, 2.45) is 0 Å². The van der Waals surface area contributed by atoms with Crippen molar-refractivity contribution < 1.29 is 31.1 Å². The second-order valence-corrected chi connectivity index (χ2v) is 11.0. The van der Waals surface area contributed by atoms with Gasteiger partial charge >= 0.3 is 6.61 Å². The van der Waals surface area contributed by atoms with Crippen LogP contribution in [0.25, 0.3) is 16.8 Å². The van der Waals surface area contributed by atoms with Gasteiger partial charge in [-0.25, -0.2) is 17.3 Å². The molecule has 5 aromatic rings. The molecular weight excluding hydrogens is 559 g/mol. The monoisotopic (exact) mass is 581 g/mol. The molecule has 0 aliphatic rings. The average molecular weight is 582 g/mol. The van der Waals surface area contributed by atoms with E-state index in [1.54, 1.807) is 36.5 Å². The fraction of sp³-hybridized carbons (Fsp3) is 0.107. The molecule has 0 fully saturated rings. The molecule has 0 saturated carbocycles. The third-order valence-corrected chi connectivity index (χ3v) is 7.06. The van der Waals surface area contributed by atoms with Gasteiger partial charge in [0.2, 0.25) is 11.9 Å². The Kier molecular flexibility index (Phi) is 7.62. The molecule has 0 unspecified atom stereocenters. The fourth-order valence-corrected chi connectivity index (χ4v) is 4.63. The quantitative estimate of drug-likeness (QED) is 0.237. The average Bonchev–Trinajstić information content (AvgIpc) is 3.32. The van der Waals surface area contributed by atoms with Gasteiger partial charge in [0.1, 0.15) is 5.82 Å². The van der Waals surface area contributed by atoms with E-state index in [-0.39, 0.29) is 40.4 Å². The van der Waals surface area contributed by atoms with Crippen molar-refractivity contribution in [2.75, 3.05) is 16.9 Å². The lowest BCUT2D eigenvalue weighted by Crippen LogP contribution is -2.14. The summed E-state index contributed by atoms with van der Waals surface area (Å²) < 4.78 is 68.7. The van der Waals surface area contributed by atoms with Crippen LogP contribution in [0.5, 0.6) is 5.75 Å². The van der Waals surface area contributed by atoms with Gasteiger partial charge in [-0.15, -0.1) is 5.10 Å². The van der Waals surface area contributed by atoms with Gasteiger partial charge < -0.3 is 15.4 Å². The van der Waals surface area contributed by atoms with Crippen LogP contribution in [0.4, 0.5) is 30.5 Å². The molecule has 5 rings (SSSR count). The van der Waals surface area contributed by atoms with Crippen LogP contribution in [0.1, 0.15) is 5.56 Å². The number of hydrogen-bond acceptors (Lipinski definition) is 7. The number of ether oxygens (including phenoxy) is 1. The van der Waals surface area contributed by atoms with E-state index >= 15 is 0 Å². The third-order valence-electron chi connectivity index (χ3n) is 5.95. The number of anilines is 3. The number of fused-ring (bicyclic) bond motifs is 1. The molecule has 0 atom stereocenters. The summed E-state index contributed by atoms with van der Waals surface area (Å²) in [4.78, 5) is 16.5. The molecule has 0 aliphatic heterocycles. The Morgan fingerprint density at radius 3 is 2.37 bits per heavy atom. The molecule has 3 aromatic carbocycles. The van der Waals surface area contributed by atoms with Crippen molar-refractivity contribution in [3.8, 4) is 16.9 Å². The second-order valence-electron chi connectivity index (χ2n) is 9.02. The van der Waals surface area contributed by atoms with E-state index in [1.807, 2.05) is 18.2 Å². The minimum atomic E-state index is -3.65. The lowest BCUT2D eigenvalue weighted by Gasteiger charge is -2.12. The highest BCUT2D eigenvalue weighted by molar-refractivity contribution is 7.90. The summed E-state index contributed by atoms with van der Waals surface area (Å²) in [5, 5.41) is 9.95. The zero-order valence-electron chi connectivity index (χ0n) is 21.4. The number of benzene rings is 3. The van der Waals surface area contributed by atoms with Gasteiger partial charge in [-0.2, -0.15) is 13.8 Å². The number of sulfone groups is 1. The molecule has 210 valence electrons. The highest BCUT2D eigenvalue weighted by Crippen LogP contribution is 2.31. The van der Waals surface area contributed by atoms with E-state index in [2.05, 4.69) is 25.5 Å². The Bertz CT molecular complexity index is 1830. The zero-order chi connectivity index (χ0) is 29.1. The van der Waals surface area contributed by atoms with E-state index < -0.39 is 16.4 Å². The first kappa shape index (κ1) is 27.6. The number of amides is 1. The van der Waals surface area contributed by atoms with E-state index in [9.17, 15) is 26.4 Å². The Morgan fingerprint density at radius 1 is 0.976 bits per heavy atom. The number of nitrogens with one attached hydrogen (secondary N) is 2. The number of carbonyl (C=O) groups excluding carboxylic acids is 1. The molecule has 1 amide bonds. The number of alkyl halides is 2. The predicted octanol–water partition coefficient (Wildman–Crippen LogP) is 5.47. The summed E-state index contributed by atoms with van der Waals surface area (Å²) in [6, 6.07) is 20.0. The molecule has 41 heavy (non-hydrogen) atoms. The Labute approximate surface area is 232 Å². The van der Waals surface area contributed by atoms with Crippen molar-refractivity contribution in [2.45, 2.75) is 17.9 Å². The fourth-order valence-electron chi connectivity index (χ4n) is 4.00. The molecule has 2 N–H and O–H groups in total. The van der Waals surface area contributed by atoms with Crippen molar-refractivity contribution in [1.29, 1.82) is 0 Å². The highest BCUT2D eigenvalue weighted by Gasteiger charge is 2.17. The lowest BCUT2D eigenvalue weighted by molar-refractivity contribution is -0.115. The van der Waals surface area contributed by atoms with Crippen LogP contribution in [0.3, 0.4) is 0 Å². The van der Waals surface area contributed by atoms with Crippen molar-refractivity contribution in [3.63, 3.8) is 0 Å². The number of rotatable bonds is 9. The van der Waals surface area contributed by atoms with E-state index in [4.69, 9.17) is 0 Å². The molecule has 2 aromatic heterocycles. The maximum absolute atomic E-state index is 13.1. The Balaban J connectivity index is 1.31. The molecular formula is C28H22F3N5O4S. The van der Waals surface area contributed by atoms with E-state index in [0.29, 0.717) is 16.9 Å². The maximum atomic E-state index is 13.1. The van der Waals surface area contributed by atoms with E-state index in [0.717, 1.165) is 23.4 Å². The van der Waals surface area contributed by atoms with Crippen LogP contribution in [0.2, 0.25) is 0 Å². The SMILES string of the molecule is CS(=O)(=O)c1ccc(Nc2nc3ccc(-c4ccc(NC(=O)Cc5ccc(F)cc5)cc4)cn3n2)c(OC(F)F)c1. The number of halogens is 3. The van der Waals surface area contributed by atoms with Crippen LogP contribution in [-0.2, 0) is 21.1 Å². The first-order chi connectivity index (χ1) is 19.5. The molecule has 0 aliphatic carbocycles. The molecule has 13 heteroatoms. The van der Waals surface area contributed by atoms with Gasteiger partial charge in [0.05, 0.1) is 17.0 Å². The summed E-state index contributed by atoms with van der Waals surface area (Å²) in [6.07, 6.45) is 2.79. The molecule has 0 radical (unpaired) electrons. The largest absolute Gasteiger partial charge is 0.433 e. The number of pyridine rings is 1. The van der Waals surface area contributed by atoms with Gasteiger partial charge in [0, 0.05) is 29.8 Å². The summed E-state index contributed by atoms with van der Waals surface area (Å²) in [6.45, 7) is -3.17. The summed E-state index contributed by atoms with van der Waals surface area (Å²) >= 11 is 0. The Morgan fingerprint density at radius 2 is 1.68 bits per heavy atom. The van der Waals surface area contributed by atoms with Gasteiger partial charge in [-0.1, -0.05) is 24.3 Å². The molecule has 2 heterocycles. The normalized spacial score (nSPS) is 11.5. The van der Waals surface area contributed by atoms with Crippen LogP contribution in [0, 0.1) is 5.82 Å². The first-order valence-electron chi connectivity index (χ1n) is 12.1. The van der Waals surface area contributed by atoms with Gasteiger partial charge in [0.15, 0.2) is 21.2 Å². The van der Waals surface area contributed by atoms with Crippen LogP contribution in [0.15, 0.2) is 90.0 Å². The predicted molar refractivity (Wildman–Crippen MR) is 147 cm³/mol. The summed E-state index contributed by atoms with van der Waals surface area (Å²) in [5.74, 6) is -0.891. The van der Waals surface area contributed by atoms with Gasteiger partial charge in [0.25, 0.3) is 0 Å². The van der Waals surface area contributed by atoms with Crippen molar-refractivity contribution in [3.05, 3.63) is 96.4 Å². The van der Waals surface area contributed by atoms with Gasteiger partial charge in [-0.3, -0.25) is 4.79 Å². The standard InChI is InChI=1S/C28H22F3N5O4S/c1-41(38,39)22-11-12-23(24(15-22)40-27(30)31)33-28-34-25-13-6-19(16-36(25)35-28)18-4-9-21(10-5-18)32-26(37)14-17-2-7-20(29)8-3-17/h2-13,15-16,27H,14H2,1H3,(H,32,37)(H,33,35). The highest BCUT2D eigenvalue weighted by atomic mass is 32.2. The summed E-state index contributed by atoms with van der Waals surface area (Å²) in [5.41, 5.74) is 3.43. The minimum Gasteiger partial charge on any atom is -0.433 e. The number of nitrogens with zero attached hydrogens (tertiary/aromatic N) is 3. The topological polar surface area (TPSA) is 115 Å². The molecule has 0 saturated heterocycles. The smallest absolute Gasteiger partial charge is 0.387 e. The van der Waals surface area contributed by atoms with Gasteiger partial charge in [-0.05, 0) is 59.7 Å². The molecule has 0 spiro atoms. The molecule has 9 nitrogen and oxygen atoms in total. The molecule has 0 bridgehead atoms. The van der Waals surface area contributed by atoms with Crippen LogP contribution < -0.4 is 15.4 Å². The van der Waals surface area contributed by atoms with Crippen LogP contribution >= 0.6 is 0 Å². The van der Waals surface area contributed by atoms with Crippen LogP contribution in [-0.4, -0.2) is 41.8 Å². The minimum absolute atomic E-state index is 0.0610. The third kappa shape index (κ3) is 6.81. The first-order valence-corrected chi connectivity index (χ1v) is 14.0. The lowest BCUT2D eigenvalue weighted by atomic mass is 10.1. The Hall–Kier alpha value is -4.91. The van der Waals surface area contributed by atoms with Crippen molar-refractivity contribution >= 4 is 38.7 Å². The van der Waals surface area contributed by atoms with Crippen molar-refractivity contribution in [1.82, 2.24) is 14.6 Å². The second kappa shape index (κ2) is 11.3. The number of carbonyl (C=O) groups is 1. The summed E-state index contributed by atoms with van der Waals surface area (Å²) in [7, 11) is -3.65.